The Morgan fingerprint density at radius 2 is 2.64 bits per heavy atom. The molecule has 1 aliphatic heterocycles. The molecule has 0 bridgehead atoms. The molecule has 1 aromatic heterocycles. The Bertz CT molecular complexity index is 276. The van der Waals surface area contributed by atoms with Gasteiger partial charge in [0.2, 0.25) is 0 Å². The predicted octanol–water partition coefficient (Wildman–Crippen LogP) is 2.14. The molecule has 1 aromatic rings. The van der Waals surface area contributed by atoms with Crippen LogP contribution in [-0.4, -0.2) is 27.5 Å². The van der Waals surface area contributed by atoms with Crippen molar-refractivity contribution >= 4 is 15.9 Å². The number of nitrogens with one attached hydrogen (secondary N) is 1. The van der Waals surface area contributed by atoms with E-state index in [0.717, 1.165) is 25.3 Å². The molecular formula is C10H15BrN2O. The fourth-order valence-corrected chi connectivity index (χ4v) is 2.97. The average molecular weight is 259 g/mol. The molecule has 0 aromatic carbocycles. The normalized spacial score (nSPS) is 29.3. The molecule has 0 aliphatic carbocycles. The summed E-state index contributed by atoms with van der Waals surface area (Å²) < 4.78 is 5.55. The van der Waals surface area contributed by atoms with Crippen molar-refractivity contribution < 1.29 is 4.74 Å². The second-order valence-corrected chi connectivity index (χ2v) is 4.96. The minimum Gasteiger partial charge on any atom is -0.378 e. The molecule has 3 atom stereocenters. The highest BCUT2D eigenvalue weighted by molar-refractivity contribution is 9.09. The molecule has 2 rings (SSSR count). The molecular weight excluding hydrogens is 244 g/mol. The van der Waals surface area contributed by atoms with Gasteiger partial charge < -0.3 is 9.72 Å². The average Bonchev–Trinajstić information content (AvgIpc) is 2.75. The highest BCUT2D eigenvalue weighted by Gasteiger charge is 2.30. The summed E-state index contributed by atoms with van der Waals surface area (Å²) in [6, 6.07) is 0. The van der Waals surface area contributed by atoms with Crippen LogP contribution >= 0.6 is 15.9 Å². The molecule has 1 fully saturated rings. The third-order valence-corrected chi connectivity index (χ3v) is 3.85. The Morgan fingerprint density at radius 1 is 1.79 bits per heavy atom. The Balaban J connectivity index is 1.92. The number of aromatic nitrogens is 2. The molecule has 1 aliphatic rings. The van der Waals surface area contributed by atoms with E-state index in [9.17, 15) is 0 Å². The van der Waals surface area contributed by atoms with Crippen molar-refractivity contribution in [3.8, 4) is 0 Å². The number of aromatic amines is 1. The smallest absolute Gasteiger partial charge is 0.107 e. The zero-order chi connectivity index (χ0) is 9.97. The lowest BCUT2D eigenvalue weighted by Crippen LogP contribution is -2.23. The van der Waals surface area contributed by atoms with Gasteiger partial charge in [0.15, 0.2) is 0 Å². The second kappa shape index (κ2) is 4.45. The first kappa shape index (κ1) is 10.2. The molecule has 0 saturated carbocycles. The zero-order valence-electron chi connectivity index (χ0n) is 8.24. The lowest BCUT2D eigenvalue weighted by Gasteiger charge is -2.19. The van der Waals surface area contributed by atoms with Crippen LogP contribution < -0.4 is 0 Å². The van der Waals surface area contributed by atoms with E-state index in [1.54, 1.807) is 6.20 Å². The topological polar surface area (TPSA) is 37.9 Å². The molecule has 1 saturated heterocycles. The van der Waals surface area contributed by atoms with E-state index in [4.69, 9.17) is 4.74 Å². The van der Waals surface area contributed by atoms with Crippen LogP contribution in [0.3, 0.4) is 0 Å². The number of hydrogen-bond acceptors (Lipinski definition) is 2. The minimum absolute atomic E-state index is 0.370. The first-order valence-corrected chi connectivity index (χ1v) is 5.93. The molecule has 0 amide bonds. The van der Waals surface area contributed by atoms with E-state index in [-0.39, 0.29) is 0 Å². The summed E-state index contributed by atoms with van der Waals surface area (Å²) >= 11 is 3.73. The summed E-state index contributed by atoms with van der Waals surface area (Å²) in [7, 11) is 0. The number of alkyl halides is 1. The van der Waals surface area contributed by atoms with E-state index in [1.165, 1.54) is 0 Å². The third-order valence-electron chi connectivity index (χ3n) is 2.84. The monoisotopic (exact) mass is 258 g/mol. The highest BCUT2D eigenvalue weighted by atomic mass is 79.9. The van der Waals surface area contributed by atoms with Gasteiger partial charge in [0.25, 0.3) is 0 Å². The maximum atomic E-state index is 5.55. The maximum Gasteiger partial charge on any atom is 0.107 e. The summed E-state index contributed by atoms with van der Waals surface area (Å²) in [5.74, 6) is 1.66. The van der Waals surface area contributed by atoms with Crippen molar-refractivity contribution in [2.75, 3.05) is 6.61 Å². The van der Waals surface area contributed by atoms with Crippen LogP contribution in [-0.2, 0) is 11.2 Å². The number of rotatable bonds is 3. The molecule has 0 radical (unpaired) electrons. The van der Waals surface area contributed by atoms with Crippen molar-refractivity contribution in [1.29, 1.82) is 0 Å². The van der Waals surface area contributed by atoms with Gasteiger partial charge in [0, 0.05) is 30.2 Å². The molecule has 1 N–H and O–H groups in total. The van der Waals surface area contributed by atoms with Crippen molar-refractivity contribution in [1.82, 2.24) is 9.97 Å². The summed E-state index contributed by atoms with van der Waals surface area (Å²) in [5.41, 5.74) is 0. The maximum absolute atomic E-state index is 5.55. The quantitative estimate of drug-likeness (QED) is 0.844. The fraction of sp³-hybridized carbons (Fsp3) is 0.700. The van der Waals surface area contributed by atoms with Gasteiger partial charge >= 0.3 is 0 Å². The van der Waals surface area contributed by atoms with Gasteiger partial charge in [0.1, 0.15) is 5.82 Å². The van der Waals surface area contributed by atoms with Gasteiger partial charge in [-0.05, 0) is 19.3 Å². The number of hydrogen-bond donors (Lipinski definition) is 1. The molecule has 3 unspecified atom stereocenters. The molecule has 3 nitrogen and oxygen atoms in total. The van der Waals surface area contributed by atoms with Crippen molar-refractivity contribution in [3.05, 3.63) is 18.2 Å². The molecule has 14 heavy (non-hydrogen) atoms. The van der Waals surface area contributed by atoms with E-state index < -0.39 is 0 Å². The van der Waals surface area contributed by atoms with E-state index in [2.05, 4.69) is 32.8 Å². The van der Waals surface area contributed by atoms with Crippen LogP contribution in [0.2, 0.25) is 0 Å². The highest BCUT2D eigenvalue weighted by Crippen LogP contribution is 2.29. The van der Waals surface area contributed by atoms with Crippen LogP contribution in [0.1, 0.15) is 19.2 Å². The van der Waals surface area contributed by atoms with Crippen molar-refractivity contribution in [3.63, 3.8) is 0 Å². The summed E-state index contributed by atoms with van der Waals surface area (Å²) in [5, 5.41) is 0. The van der Waals surface area contributed by atoms with Crippen molar-refractivity contribution in [2.45, 2.75) is 30.7 Å². The van der Waals surface area contributed by atoms with E-state index in [0.29, 0.717) is 16.8 Å². The van der Waals surface area contributed by atoms with E-state index >= 15 is 0 Å². The van der Waals surface area contributed by atoms with Gasteiger partial charge in [-0.1, -0.05) is 15.9 Å². The number of ether oxygens (including phenoxy) is 1. The zero-order valence-corrected chi connectivity index (χ0v) is 9.83. The molecule has 0 spiro atoms. The van der Waals surface area contributed by atoms with Crippen LogP contribution in [0.25, 0.3) is 0 Å². The van der Waals surface area contributed by atoms with Crippen LogP contribution in [0.5, 0.6) is 0 Å². The largest absolute Gasteiger partial charge is 0.378 e. The van der Waals surface area contributed by atoms with E-state index in [1.807, 2.05) is 6.20 Å². The first-order valence-electron chi connectivity index (χ1n) is 5.01. The Kier molecular flexibility index (Phi) is 3.23. The first-order chi connectivity index (χ1) is 6.77. The van der Waals surface area contributed by atoms with Gasteiger partial charge in [0.05, 0.1) is 6.10 Å². The lowest BCUT2D eigenvalue weighted by atomic mass is 9.96. The Morgan fingerprint density at radius 3 is 3.21 bits per heavy atom. The van der Waals surface area contributed by atoms with Crippen LogP contribution in [0, 0.1) is 5.92 Å². The summed E-state index contributed by atoms with van der Waals surface area (Å²) in [4.78, 5) is 7.81. The Labute approximate surface area is 92.4 Å². The Hall–Kier alpha value is -0.350. The summed E-state index contributed by atoms with van der Waals surface area (Å²) in [6.07, 6.45) is 6.13. The predicted molar refractivity (Wildman–Crippen MR) is 58.5 cm³/mol. The molecule has 78 valence electrons. The van der Waals surface area contributed by atoms with Gasteiger partial charge in [-0.15, -0.1) is 0 Å². The van der Waals surface area contributed by atoms with Crippen LogP contribution in [0.15, 0.2) is 12.4 Å². The summed E-state index contributed by atoms with van der Waals surface area (Å²) in [6.45, 7) is 3.04. The third kappa shape index (κ3) is 2.17. The fourth-order valence-electron chi connectivity index (χ4n) is 1.97. The SMILES string of the molecule is CC1OCCC1C(Br)Cc1ncc[nH]1. The number of nitrogens with zero attached hydrogens (tertiary/aromatic N) is 1. The second-order valence-electron chi connectivity index (χ2n) is 3.78. The number of H-pyrrole nitrogens is 1. The van der Waals surface area contributed by atoms with Gasteiger partial charge in [-0.25, -0.2) is 4.98 Å². The van der Waals surface area contributed by atoms with Crippen molar-refractivity contribution in [2.24, 2.45) is 5.92 Å². The lowest BCUT2D eigenvalue weighted by molar-refractivity contribution is 0.105. The number of imidazole rings is 1. The standard InChI is InChI=1S/C10H15BrN2O/c1-7-8(2-5-14-7)9(11)6-10-12-3-4-13-10/h3-4,7-9H,2,5-6H2,1H3,(H,12,13). The number of halogens is 1. The molecule has 4 heteroatoms. The minimum atomic E-state index is 0.370. The molecule has 2 heterocycles. The van der Waals surface area contributed by atoms with Crippen LogP contribution in [0.4, 0.5) is 0 Å². The van der Waals surface area contributed by atoms with Gasteiger partial charge in [-0.2, -0.15) is 0 Å². The van der Waals surface area contributed by atoms with Gasteiger partial charge in [-0.3, -0.25) is 0 Å².